The Kier molecular flexibility index (Phi) is 6.86. The number of nitrogens with zero attached hydrogens (tertiary/aromatic N) is 1. The first kappa shape index (κ1) is 21.8. The van der Waals surface area contributed by atoms with Crippen molar-refractivity contribution in [3.8, 4) is 11.5 Å². The van der Waals surface area contributed by atoms with Crippen molar-refractivity contribution in [3.63, 3.8) is 0 Å². The van der Waals surface area contributed by atoms with Gasteiger partial charge in [-0.1, -0.05) is 18.2 Å². The van der Waals surface area contributed by atoms with Gasteiger partial charge in [-0.25, -0.2) is 14.2 Å². The number of hydrogen-bond donors (Lipinski definition) is 1. The predicted molar refractivity (Wildman–Crippen MR) is 105 cm³/mol. The summed E-state index contributed by atoms with van der Waals surface area (Å²) in [7, 11) is 1.37. The quantitative estimate of drug-likeness (QED) is 0.257. The van der Waals surface area contributed by atoms with E-state index in [0.29, 0.717) is 22.4 Å². The van der Waals surface area contributed by atoms with Crippen LogP contribution in [0.1, 0.15) is 21.5 Å². The zero-order valence-corrected chi connectivity index (χ0v) is 16.2. The highest BCUT2D eigenvalue weighted by atomic mass is 19.2. The van der Waals surface area contributed by atoms with Crippen LogP contribution in [0.2, 0.25) is 0 Å². The second kappa shape index (κ2) is 9.75. The number of nitrogens with one attached hydrogen (secondary N) is 1. The molecule has 1 amide bonds. The fourth-order valence-electron chi connectivity index (χ4n) is 2.64. The minimum absolute atomic E-state index is 0.0962. The van der Waals surface area contributed by atoms with Crippen molar-refractivity contribution in [1.82, 2.24) is 5.43 Å². The Morgan fingerprint density at radius 2 is 1.68 bits per heavy atom. The Morgan fingerprint density at radius 1 is 1.00 bits per heavy atom. The van der Waals surface area contributed by atoms with E-state index < -0.39 is 41.5 Å². The van der Waals surface area contributed by atoms with Crippen LogP contribution in [-0.2, 0) is 6.61 Å². The molecule has 0 aliphatic carbocycles. The van der Waals surface area contributed by atoms with Gasteiger partial charge in [0.15, 0.2) is 17.4 Å². The van der Waals surface area contributed by atoms with Gasteiger partial charge in [-0.3, -0.25) is 4.79 Å². The average Bonchev–Trinajstić information content (AvgIpc) is 2.78. The smallest absolute Gasteiger partial charge is 0.271 e. The zero-order valence-electron chi connectivity index (χ0n) is 16.2. The van der Waals surface area contributed by atoms with E-state index in [9.17, 15) is 22.4 Å². The topological polar surface area (TPSA) is 59.9 Å². The molecule has 0 fully saturated rings. The fraction of sp³-hybridized carbons (Fsp3) is 0.0909. The summed E-state index contributed by atoms with van der Waals surface area (Å²) >= 11 is 0. The van der Waals surface area contributed by atoms with E-state index in [0.717, 1.165) is 0 Å². The van der Waals surface area contributed by atoms with Crippen LogP contribution in [-0.4, -0.2) is 19.2 Å². The molecule has 9 heteroatoms. The number of ether oxygens (including phenoxy) is 2. The lowest BCUT2D eigenvalue weighted by Gasteiger charge is -2.12. The third kappa shape index (κ3) is 5.19. The number of halogens is 4. The van der Waals surface area contributed by atoms with E-state index in [1.807, 2.05) is 0 Å². The molecule has 0 aliphatic heterocycles. The van der Waals surface area contributed by atoms with Gasteiger partial charge in [-0.2, -0.15) is 13.9 Å². The van der Waals surface area contributed by atoms with Gasteiger partial charge in [0.05, 0.1) is 13.3 Å². The monoisotopic (exact) mass is 432 g/mol. The number of hydrazone groups is 1. The highest BCUT2D eigenvalue weighted by molar-refractivity contribution is 5.94. The number of amides is 1. The van der Waals surface area contributed by atoms with Gasteiger partial charge in [0.25, 0.3) is 5.91 Å². The van der Waals surface area contributed by atoms with Gasteiger partial charge >= 0.3 is 0 Å². The first-order chi connectivity index (χ1) is 14.9. The van der Waals surface area contributed by atoms with Crippen LogP contribution in [0.5, 0.6) is 11.5 Å². The lowest BCUT2D eigenvalue weighted by molar-refractivity contribution is 0.0955. The molecular weight excluding hydrogens is 416 g/mol. The summed E-state index contributed by atoms with van der Waals surface area (Å²) in [5, 5.41) is 3.86. The maximum atomic E-state index is 13.8. The van der Waals surface area contributed by atoms with Crippen LogP contribution in [0.15, 0.2) is 59.7 Å². The maximum absolute atomic E-state index is 13.8. The summed E-state index contributed by atoms with van der Waals surface area (Å²) in [5.41, 5.74) is 3.61. The number of hydrogen-bond acceptors (Lipinski definition) is 4. The van der Waals surface area contributed by atoms with Crippen LogP contribution in [0, 0.1) is 23.3 Å². The molecule has 0 saturated carbocycles. The normalized spacial score (nSPS) is 10.9. The molecule has 0 unspecified atom stereocenters. The van der Waals surface area contributed by atoms with Crippen molar-refractivity contribution in [2.24, 2.45) is 5.10 Å². The lowest BCUT2D eigenvalue weighted by Crippen LogP contribution is -2.17. The predicted octanol–water partition coefficient (Wildman–Crippen LogP) is 4.59. The van der Waals surface area contributed by atoms with Crippen molar-refractivity contribution in [3.05, 3.63) is 94.6 Å². The molecule has 3 aromatic carbocycles. The van der Waals surface area contributed by atoms with Crippen molar-refractivity contribution in [1.29, 1.82) is 0 Å². The fourth-order valence-corrected chi connectivity index (χ4v) is 2.64. The lowest BCUT2D eigenvalue weighted by atomic mass is 10.1. The summed E-state index contributed by atoms with van der Waals surface area (Å²) in [5.74, 6) is -7.70. The Labute approximate surface area is 174 Å². The molecule has 0 heterocycles. The summed E-state index contributed by atoms with van der Waals surface area (Å²) in [4.78, 5) is 12.0. The molecule has 0 spiro atoms. The molecule has 31 heavy (non-hydrogen) atoms. The standard InChI is InChI=1S/C22H16F4N2O3/c1-30-18-8-7-13(11-27-28-22(29)14-5-3-2-4-6-14)9-15(18)12-31-21-19(25)16(23)10-17(24)20(21)26/h2-11H,12H2,1H3,(H,28,29)/b27-11+. The summed E-state index contributed by atoms with van der Waals surface area (Å²) in [6.45, 7) is -0.446. The van der Waals surface area contributed by atoms with Crippen LogP contribution < -0.4 is 14.9 Å². The minimum atomic E-state index is -1.64. The summed E-state index contributed by atoms with van der Waals surface area (Å²) in [6, 6.07) is 13.2. The summed E-state index contributed by atoms with van der Waals surface area (Å²) in [6.07, 6.45) is 1.34. The van der Waals surface area contributed by atoms with Crippen LogP contribution in [0.25, 0.3) is 0 Å². The van der Waals surface area contributed by atoms with Gasteiger partial charge in [0, 0.05) is 17.2 Å². The van der Waals surface area contributed by atoms with E-state index in [-0.39, 0.29) is 6.07 Å². The van der Waals surface area contributed by atoms with E-state index in [4.69, 9.17) is 9.47 Å². The molecule has 5 nitrogen and oxygen atoms in total. The maximum Gasteiger partial charge on any atom is 0.271 e. The van der Waals surface area contributed by atoms with E-state index in [1.165, 1.54) is 25.5 Å². The van der Waals surface area contributed by atoms with Crippen LogP contribution in [0.3, 0.4) is 0 Å². The number of rotatable bonds is 7. The molecule has 0 atom stereocenters. The number of benzene rings is 3. The SMILES string of the molecule is COc1ccc(/C=N/NC(=O)c2ccccc2)cc1COc1c(F)c(F)cc(F)c1F. The molecule has 3 aromatic rings. The third-order valence-corrected chi connectivity index (χ3v) is 4.16. The van der Waals surface area contributed by atoms with Gasteiger partial charge in [-0.15, -0.1) is 0 Å². The Balaban J connectivity index is 1.75. The molecule has 0 saturated heterocycles. The average molecular weight is 432 g/mol. The number of carbonyl (C=O) groups is 1. The molecule has 3 rings (SSSR count). The Bertz CT molecular complexity index is 1100. The largest absolute Gasteiger partial charge is 0.496 e. The van der Waals surface area contributed by atoms with Crippen molar-refractivity contribution >= 4 is 12.1 Å². The third-order valence-electron chi connectivity index (χ3n) is 4.16. The molecule has 1 N–H and O–H groups in total. The van der Waals surface area contributed by atoms with Gasteiger partial charge in [0.2, 0.25) is 11.6 Å². The minimum Gasteiger partial charge on any atom is -0.496 e. The van der Waals surface area contributed by atoms with E-state index in [2.05, 4.69) is 10.5 Å². The zero-order chi connectivity index (χ0) is 22.4. The first-order valence-corrected chi connectivity index (χ1v) is 8.92. The highest BCUT2D eigenvalue weighted by Gasteiger charge is 2.21. The van der Waals surface area contributed by atoms with E-state index in [1.54, 1.807) is 36.4 Å². The van der Waals surface area contributed by atoms with Gasteiger partial charge < -0.3 is 9.47 Å². The Morgan fingerprint density at radius 3 is 2.32 bits per heavy atom. The first-order valence-electron chi connectivity index (χ1n) is 8.92. The second-order valence-corrected chi connectivity index (χ2v) is 6.22. The van der Waals surface area contributed by atoms with Crippen LogP contribution >= 0.6 is 0 Å². The number of carbonyl (C=O) groups excluding carboxylic acids is 1. The second-order valence-electron chi connectivity index (χ2n) is 6.22. The molecule has 0 radical (unpaired) electrons. The molecule has 0 bridgehead atoms. The molecule has 0 aromatic heterocycles. The van der Waals surface area contributed by atoms with E-state index >= 15 is 0 Å². The molecule has 160 valence electrons. The summed E-state index contributed by atoms with van der Waals surface area (Å²) < 4.78 is 64.4. The molecular formula is C22H16F4N2O3. The van der Waals surface area contributed by atoms with Crippen LogP contribution in [0.4, 0.5) is 17.6 Å². The Hall–Kier alpha value is -3.88. The van der Waals surface area contributed by atoms with Crippen molar-refractivity contribution in [2.75, 3.05) is 7.11 Å². The number of methoxy groups -OCH3 is 1. The van der Waals surface area contributed by atoms with Crippen molar-refractivity contribution < 1.29 is 31.8 Å². The highest BCUT2D eigenvalue weighted by Crippen LogP contribution is 2.28. The van der Waals surface area contributed by atoms with Gasteiger partial charge in [0.1, 0.15) is 12.4 Å². The molecule has 0 aliphatic rings. The van der Waals surface area contributed by atoms with Crippen molar-refractivity contribution in [2.45, 2.75) is 6.61 Å². The van der Waals surface area contributed by atoms with Gasteiger partial charge in [-0.05, 0) is 35.9 Å².